The predicted molar refractivity (Wildman–Crippen MR) is 85.1 cm³/mol. The van der Waals surface area contributed by atoms with Crippen LogP contribution in [0.5, 0.6) is 0 Å². The molecular formula is C16H20N2O6. The molecule has 24 heavy (non-hydrogen) atoms. The zero-order valence-corrected chi connectivity index (χ0v) is 13.6. The van der Waals surface area contributed by atoms with Crippen LogP contribution in [0, 0.1) is 10.1 Å². The Morgan fingerprint density at radius 1 is 1.46 bits per heavy atom. The summed E-state index contributed by atoms with van der Waals surface area (Å²) in [6.45, 7) is 4.14. The molecule has 1 aliphatic rings. The third-order valence-electron chi connectivity index (χ3n) is 4.08. The topological polar surface area (TPSA) is 119 Å². The number of benzene rings is 1. The third kappa shape index (κ3) is 3.88. The Morgan fingerprint density at radius 3 is 2.67 bits per heavy atom. The van der Waals surface area contributed by atoms with Crippen molar-refractivity contribution in [1.29, 1.82) is 0 Å². The van der Waals surface area contributed by atoms with Gasteiger partial charge in [0.2, 0.25) is 0 Å². The summed E-state index contributed by atoms with van der Waals surface area (Å²) in [5.74, 6) is -1.63. The second-order valence-electron chi connectivity index (χ2n) is 6.29. The fourth-order valence-electron chi connectivity index (χ4n) is 2.82. The fraction of sp³-hybridized carbons (Fsp3) is 0.500. The van der Waals surface area contributed by atoms with Gasteiger partial charge in [-0.2, -0.15) is 0 Å². The number of rotatable bonds is 6. The number of carbonyl (C=O) groups excluding carboxylic acids is 1. The van der Waals surface area contributed by atoms with Crippen molar-refractivity contribution in [2.45, 2.75) is 38.1 Å². The maximum Gasteiger partial charge on any atom is 0.305 e. The van der Waals surface area contributed by atoms with Crippen molar-refractivity contribution in [2.75, 3.05) is 13.2 Å². The van der Waals surface area contributed by atoms with E-state index in [0.717, 1.165) is 0 Å². The number of hydrogen-bond donors (Lipinski definition) is 2. The summed E-state index contributed by atoms with van der Waals surface area (Å²) in [7, 11) is 0. The molecule has 1 aromatic rings. The van der Waals surface area contributed by atoms with E-state index in [0.29, 0.717) is 18.6 Å². The van der Waals surface area contributed by atoms with Crippen molar-refractivity contribution in [3.8, 4) is 0 Å². The molecule has 1 saturated heterocycles. The Bertz CT molecular complexity index is 665. The Hall–Kier alpha value is -2.48. The lowest BCUT2D eigenvalue weighted by Crippen LogP contribution is -2.50. The van der Waals surface area contributed by atoms with E-state index in [1.54, 1.807) is 6.07 Å². The van der Waals surface area contributed by atoms with Crippen LogP contribution in [0.2, 0.25) is 0 Å². The molecule has 1 aromatic carbocycles. The standard InChI is InChI=1S/C16H20N2O6/c1-10(2)12-4-3-11(7-13(12)18(22)23)15(21)17-16(8-14(19)20)5-6-24-9-16/h3-4,7,10H,5-6,8-9H2,1-2H3,(H,17,21)(H,19,20). The Labute approximate surface area is 139 Å². The number of aliphatic carboxylic acids is 1. The fourth-order valence-corrected chi connectivity index (χ4v) is 2.82. The molecule has 1 unspecified atom stereocenters. The quantitative estimate of drug-likeness (QED) is 0.606. The van der Waals surface area contributed by atoms with Gasteiger partial charge in [0.15, 0.2) is 0 Å². The number of carboxylic acid groups (broad SMARTS) is 1. The normalized spacial score (nSPS) is 20.1. The molecule has 0 radical (unpaired) electrons. The number of nitrogens with one attached hydrogen (secondary N) is 1. The molecule has 0 spiro atoms. The number of hydrogen-bond acceptors (Lipinski definition) is 5. The van der Waals surface area contributed by atoms with Crippen molar-refractivity contribution >= 4 is 17.6 Å². The molecule has 0 aliphatic carbocycles. The SMILES string of the molecule is CC(C)c1ccc(C(=O)NC2(CC(=O)O)CCOC2)cc1[N+](=O)[O-]. The summed E-state index contributed by atoms with van der Waals surface area (Å²) in [6.07, 6.45) is 0.127. The molecule has 0 bridgehead atoms. The largest absolute Gasteiger partial charge is 0.481 e. The molecular weight excluding hydrogens is 316 g/mol. The highest BCUT2D eigenvalue weighted by Crippen LogP contribution is 2.28. The van der Waals surface area contributed by atoms with Gasteiger partial charge in [-0.15, -0.1) is 0 Å². The van der Waals surface area contributed by atoms with Crippen molar-refractivity contribution < 1.29 is 24.4 Å². The van der Waals surface area contributed by atoms with Gasteiger partial charge in [0, 0.05) is 23.8 Å². The smallest absolute Gasteiger partial charge is 0.305 e. The zero-order chi connectivity index (χ0) is 17.9. The number of nitro groups is 1. The van der Waals surface area contributed by atoms with Crippen molar-refractivity contribution in [3.05, 3.63) is 39.4 Å². The summed E-state index contributed by atoms with van der Waals surface area (Å²) >= 11 is 0. The summed E-state index contributed by atoms with van der Waals surface area (Å²) < 4.78 is 5.22. The van der Waals surface area contributed by atoms with E-state index >= 15 is 0 Å². The Balaban J connectivity index is 2.27. The number of carbonyl (C=O) groups is 2. The van der Waals surface area contributed by atoms with Crippen LogP contribution in [-0.2, 0) is 9.53 Å². The van der Waals surface area contributed by atoms with E-state index in [9.17, 15) is 19.7 Å². The first-order valence-electron chi connectivity index (χ1n) is 7.64. The summed E-state index contributed by atoms with van der Waals surface area (Å²) in [5, 5.41) is 23.0. The molecule has 1 atom stereocenters. The minimum Gasteiger partial charge on any atom is -0.481 e. The van der Waals surface area contributed by atoms with Gasteiger partial charge in [-0.25, -0.2) is 0 Å². The molecule has 0 aromatic heterocycles. The van der Waals surface area contributed by atoms with E-state index < -0.39 is 22.3 Å². The van der Waals surface area contributed by atoms with Gasteiger partial charge in [-0.1, -0.05) is 19.9 Å². The average Bonchev–Trinajstić information content (AvgIpc) is 2.93. The third-order valence-corrected chi connectivity index (χ3v) is 4.08. The van der Waals surface area contributed by atoms with E-state index in [2.05, 4.69) is 5.32 Å². The van der Waals surface area contributed by atoms with Crippen molar-refractivity contribution in [2.24, 2.45) is 0 Å². The van der Waals surface area contributed by atoms with Gasteiger partial charge in [0.05, 0.1) is 23.5 Å². The van der Waals surface area contributed by atoms with Crippen molar-refractivity contribution in [3.63, 3.8) is 0 Å². The van der Waals surface area contributed by atoms with Crippen LogP contribution in [0.4, 0.5) is 5.69 Å². The molecule has 1 heterocycles. The van der Waals surface area contributed by atoms with Crippen LogP contribution >= 0.6 is 0 Å². The molecule has 1 aliphatic heterocycles. The highest BCUT2D eigenvalue weighted by molar-refractivity contribution is 5.95. The van der Waals surface area contributed by atoms with Gasteiger partial charge in [-0.05, 0) is 18.4 Å². The number of nitrogens with zero attached hydrogens (tertiary/aromatic N) is 1. The minimum atomic E-state index is -1.04. The van der Waals surface area contributed by atoms with Gasteiger partial charge in [0.1, 0.15) is 0 Å². The number of nitro benzene ring substituents is 1. The van der Waals surface area contributed by atoms with Gasteiger partial charge < -0.3 is 15.2 Å². The first kappa shape index (κ1) is 17.9. The van der Waals surface area contributed by atoms with Crippen LogP contribution in [0.3, 0.4) is 0 Å². The lowest BCUT2D eigenvalue weighted by Gasteiger charge is -2.27. The van der Waals surface area contributed by atoms with E-state index in [4.69, 9.17) is 9.84 Å². The molecule has 8 heteroatoms. The predicted octanol–water partition coefficient (Wildman–Crippen LogP) is 2.08. The highest BCUT2D eigenvalue weighted by Gasteiger charge is 2.39. The number of amides is 1. The molecule has 130 valence electrons. The monoisotopic (exact) mass is 336 g/mol. The lowest BCUT2D eigenvalue weighted by molar-refractivity contribution is -0.385. The Morgan fingerprint density at radius 2 is 2.17 bits per heavy atom. The molecule has 0 saturated carbocycles. The maximum atomic E-state index is 12.5. The van der Waals surface area contributed by atoms with E-state index in [-0.39, 0.29) is 30.2 Å². The average molecular weight is 336 g/mol. The molecule has 8 nitrogen and oxygen atoms in total. The first-order chi connectivity index (χ1) is 11.2. The summed E-state index contributed by atoms with van der Waals surface area (Å²) in [4.78, 5) is 34.2. The summed E-state index contributed by atoms with van der Waals surface area (Å²) in [5.41, 5.74) is -0.426. The lowest BCUT2D eigenvalue weighted by atomic mass is 9.93. The maximum absolute atomic E-state index is 12.5. The number of ether oxygens (including phenoxy) is 1. The minimum absolute atomic E-state index is 0.0518. The van der Waals surface area contributed by atoms with Crippen LogP contribution in [-0.4, -0.2) is 40.7 Å². The van der Waals surface area contributed by atoms with Gasteiger partial charge >= 0.3 is 5.97 Å². The second-order valence-corrected chi connectivity index (χ2v) is 6.29. The van der Waals surface area contributed by atoms with Gasteiger partial charge in [-0.3, -0.25) is 19.7 Å². The van der Waals surface area contributed by atoms with E-state index in [1.165, 1.54) is 12.1 Å². The molecule has 2 rings (SSSR count). The highest BCUT2D eigenvalue weighted by atomic mass is 16.6. The molecule has 2 N–H and O–H groups in total. The van der Waals surface area contributed by atoms with Crippen molar-refractivity contribution in [1.82, 2.24) is 5.32 Å². The second kappa shape index (κ2) is 6.96. The zero-order valence-electron chi connectivity index (χ0n) is 13.6. The van der Waals surface area contributed by atoms with Gasteiger partial charge in [0.25, 0.3) is 11.6 Å². The van der Waals surface area contributed by atoms with Crippen LogP contribution in [0.1, 0.15) is 48.5 Å². The summed E-state index contributed by atoms with van der Waals surface area (Å²) in [6, 6.07) is 4.31. The van der Waals surface area contributed by atoms with Crippen LogP contribution in [0.15, 0.2) is 18.2 Å². The Kier molecular flexibility index (Phi) is 5.18. The van der Waals surface area contributed by atoms with Crippen LogP contribution < -0.4 is 5.32 Å². The number of carboxylic acids is 1. The van der Waals surface area contributed by atoms with Crippen LogP contribution in [0.25, 0.3) is 0 Å². The first-order valence-corrected chi connectivity index (χ1v) is 7.64. The molecule has 1 fully saturated rings. The molecule has 1 amide bonds. The van der Waals surface area contributed by atoms with E-state index in [1.807, 2.05) is 13.8 Å².